The summed E-state index contributed by atoms with van der Waals surface area (Å²) >= 11 is 0. The quantitative estimate of drug-likeness (QED) is 0.165. The summed E-state index contributed by atoms with van der Waals surface area (Å²) in [7, 11) is 5.42. The Morgan fingerprint density at radius 1 is 0.500 bits per heavy atom. The van der Waals surface area contributed by atoms with Crippen LogP contribution in [0.1, 0.15) is 144 Å². The van der Waals surface area contributed by atoms with Gasteiger partial charge in [-0.15, -0.1) is 0 Å². The molecule has 86 heavy (non-hydrogen) atoms. The van der Waals surface area contributed by atoms with Crippen LogP contribution in [0.15, 0.2) is 128 Å². The van der Waals surface area contributed by atoms with Gasteiger partial charge in [0.15, 0.2) is 0 Å². The van der Waals surface area contributed by atoms with Crippen molar-refractivity contribution in [3.63, 3.8) is 0 Å². The van der Waals surface area contributed by atoms with Crippen molar-refractivity contribution in [1.29, 1.82) is 5.26 Å². The molecule has 3 aliphatic heterocycles. The first kappa shape index (κ1) is 62.6. The number of nitrogens with zero attached hydrogens (tertiary/aromatic N) is 11. The summed E-state index contributed by atoms with van der Waals surface area (Å²) in [5.41, 5.74) is 7.91. The van der Waals surface area contributed by atoms with E-state index in [0.29, 0.717) is 5.69 Å². The van der Waals surface area contributed by atoms with Gasteiger partial charge in [0.25, 0.3) is 0 Å². The maximum Gasteiger partial charge on any atom is 0.227 e. The standard InChI is InChI=1S/C20H27N3O.C18H18N4.2C18H24N2/c1-20(2,3)17-8-6-7-14-11-18(21-12-16(14)17)23-10-9-15(13-23)19(24)22(4)5;1-18(2,3)15-7-5-6-12-8-16(20-10-13(12)15)14-11-21-22(4)17(14)9-19;2*1-13-8-9-20(12-13)17-10-14-6-5-7-16(18(2,3)4)15(14)11-19-17/h6-8,11-12,15H,9-10,13H2,1-5H3;5-8,10-11H,1-4H3;2*5-7,10-11,13H,8-9,12H2,1-4H3/t;;2*13-/m..10/s1. The number of carbonyl (C=O) groups is 1. The summed E-state index contributed by atoms with van der Waals surface area (Å²) in [5.74, 6) is 5.11. The second kappa shape index (κ2) is 25.2. The van der Waals surface area contributed by atoms with Crippen molar-refractivity contribution in [3.05, 3.63) is 156 Å². The number of fused-ring (bicyclic) bond motifs is 4. The van der Waals surface area contributed by atoms with Crippen molar-refractivity contribution >= 4 is 66.5 Å². The van der Waals surface area contributed by atoms with Crippen LogP contribution in [0.2, 0.25) is 0 Å². The molecule has 5 aromatic heterocycles. The van der Waals surface area contributed by atoms with E-state index in [2.05, 4.69) is 231 Å². The molecule has 3 aliphatic rings. The molecule has 450 valence electrons. The van der Waals surface area contributed by atoms with E-state index in [1.807, 2.05) is 32.6 Å². The number of pyridine rings is 4. The van der Waals surface area contributed by atoms with Crippen LogP contribution in [-0.2, 0) is 33.5 Å². The second-order valence-electron chi connectivity index (χ2n) is 28.8. The number of benzene rings is 4. The van der Waals surface area contributed by atoms with Crippen molar-refractivity contribution in [2.45, 2.75) is 138 Å². The van der Waals surface area contributed by atoms with Crippen LogP contribution in [0, 0.1) is 29.1 Å². The van der Waals surface area contributed by atoms with E-state index in [1.54, 1.807) is 22.8 Å². The van der Waals surface area contributed by atoms with Crippen molar-refractivity contribution in [3.8, 4) is 17.3 Å². The number of hydrogen-bond donors (Lipinski definition) is 0. The number of carbonyl (C=O) groups excluding carboxylic acids is 1. The number of rotatable bonds is 5. The van der Waals surface area contributed by atoms with Crippen molar-refractivity contribution < 1.29 is 4.79 Å². The Hall–Kier alpha value is -7.91. The lowest BCUT2D eigenvalue weighted by atomic mass is 9.84. The molecule has 12 heteroatoms. The Morgan fingerprint density at radius 2 is 0.849 bits per heavy atom. The molecule has 12 rings (SSSR count). The van der Waals surface area contributed by atoms with Gasteiger partial charge in [-0.25, -0.2) is 15.0 Å². The van der Waals surface area contributed by atoms with E-state index in [-0.39, 0.29) is 33.5 Å². The summed E-state index contributed by atoms with van der Waals surface area (Å²) in [5, 5.41) is 23.3. The summed E-state index contributed by atoms with van der Waals surface area (Å²) in [6.45, 7) is 37.7. The minimum atomic E-state index is 0.0643. The largest absolute Gasteiger partial charge is 0.356 e. The van der Waals surface area contributed by atoms with Gasteiger partial charge in [-0.05, 0) is 121 Å². The van der Waals surface area contributed by atoms with E-state index >= 15 is 0 Å². The molecular formula is C74H93N11O. The average Bonchev–Trinajstić information content (AvgIpc) is 2.98. The smallest absolute Gasteiger partial charge is 0.227 e. The first-order valence-corrected chi connectivity index (χ1v) is 31.0. The average molecular weight is 1150 g/mol. The van der Waals surface area contributed by atoms with Crippen LogP contribution in [0.25, 0.3) is 54.3 Å². The molecule has 12 nitrogen and oxygen atoms in total. The lowest BCUT2D eigenvalue weighted by Gasteiger charge is -2.23. The molecule has 0 bridgehead atoms. The summed E-state index contributed by atoms with van der Waals surface area (Å²) in [6, 6.07) is 36.8. The van der Waals surface area contributed by atoms with E-state index in [4.69, 9.17) is 15.0 Å². The fraction of sp³-hybridized carbons (Fsp3) is 0.446. The zero-order valence-electron chi connectivity index (χ0n) is 54.5. The molecule has 1 unspecified atom stereocenters. The maximum atomic E-state index is 12.2. The third-order valence-corrected chi connectivity index (χ3v) is 17.4. The van der Waals surface area contributed by atoms with Crippen molar-refractivity contribution in [1.82, 2.24) is 34.6 Å². The lowest BCUT2D eigenvalue weighted by molar-refractivity contribution is -0.132. The molecule has 0 saturated carbocycles. The van der Waals surface area contributed by atoms with E-state index < -0.39 is 0 Å². The third-order valence-electron chi connectivity index (χ3n) is 17.4. The highest BCUT2D eigenvalue weighted by molar-refractivity contribution is 5.91. The number of nitriles is 1. The Labute approximate surface area is 512 Å². The Kier molecular flexibility index (Phi) is 18.3. The molecule has 3 saturated heterocycles. The predicted octanol–water partition coefficient (Wildman–Crippen LogP) is 16.0. The van der Waals surface area contributed by atoms with Gasteiger partial charge in [0.1, 0.15) is 29.2 Å². The molecule has 9 aromatic rings. The maximum absolute atomic E-state index is 12.2. The molecule has 0 N–H and O–H groups in total. The first-order chi connectivity index (χ1) is 40.6. The number of aromatic nitrogens is 6. The fourth-order valence-corrected chi connectivity index (χ4v) is 12.5. The minimum absolute atomic E-state index is 0.0643. The van der Waals surface area contributed by atoms with Crippen LogP contribution < -0.4 is 14.7 Å². The topological polar surface area (TPSA) is 123 Å². The third kappa shape index (κ3) is 14.2. The summed E-state index contributed by atoms with van der Waals surface area (Å²) in [6.07, 6.45) is 13.2. The van der Waals surface area contributed by atoms with Crippen molar-refractivity contribution in [2.75, 3.05) is 68.1 Å². The summed E-state index contributed by atoms with van der Waals surface area (Å²) in [4.78, 5) is 39.6. The molecule has 8 heterocycles. The zero-order valence-corrected chi connectivity index (χ0v) is 54.5. The van der Waals surface area contributed by atoms with Crippen LogP contribution >= 0.6 is 0 Å². The van der Waals surface area contributed by atoms with Crippen LogP contribution in [0.4, 0.5) is 17.5 Å². The normalized spacial score (nSPS) is 17.3. The van der Waals surface area contributed by atoms with Gasteiger partial charge < -0.3 is 19.6 Å². The zero-order chi connectivity index (χ0) is 62.0. The highest BCUT2D eigenvalue weighted by atomic mass is 16.2. The van der Waals surface area contributed by atoms with Gasteiger partial charge in [0, 0.05) is 107 Å². The highest BCUT2D eigenvalue weighted by Gasteiger charge is 2.31. The van der Waals surface area contributed by atoms with Crippen LogP contribution in [-0.4, -0.2) is 93.9 Å². The fourth-order valence-electron chi connectivity index (χ4n) is 12.5. The molecule has 3 atom stereocenters. The van der Waals surface area contributed by atoms with Crippen molar-refractivity contribution in [2.24, 2.45) is 24.8 Å². The predicted molar refractivity (Wildman–Crippen MR) is 360 cm³/mol. The van der Waals surface area contributed by atoms with Crippen LogP contribution in [0.3, 0.4) is 0 Å². The van der Waals surface area contributed by atoms with Gasteiger partial charge in [-0.3, -0.25) is 14.5 Å². The Morgan fingerprint density at radius 3 is 1.19 bits per heavy atom. The Bertz CT molecular complexity index is 3800. The molecule has 0 radical (unpaired) electrons. The van der Waals surface area contributed by atoms with E-state index in [9.17, 15) is 10.1 Å². The molecule has 0 spiro atoms. The van der Waals surface area contributed by atoms with Gasteiger partial charge in [0.05, 0.1) is 23.4 Å². The first-order valence-electron chi connectivity index (χ1n) is 31.0. The SMILES string of the molecule is CN(C)C(=O)C1CCN(c2cc3cccc(C(C)(C)C)c3cn2)C1.C[C@@H]1CCN(c2cc3cccc(C(C)(C)C)c3cn2)C1.C[C@H]1CCN(c2cc3cccc(C(C)(C)C)c3cn2)C1.Cn1ncc(-c2cc3cccc(C(C)(C)C)c3cn2)c1C#N. The summed E-state index contributed by atoms with van der Waals surface area (Å²) < 4.78 is 1.58. The number of anilines is 3. The minimum Gasteiger partial charge on any atom is -0.356 e. The number of amides is 1. The van der Waals surface area contributed by atoms with Gasteiger partial charge in [0.2, 0.25) is 5.91 Å². The van der Waals surface area contributed by atoms with E-state index in [1.165, 1.54) is 67.4 Å². The second-order valence-corrected chi connectivity index (χ2v) is 28.8. The van der Waals surface area contributed by atoms with Crippen LogP contribution in [0.5, 0.6) is 0 Å². The van der Waals surface area contributed by atoms with Gasteiger partial charge in [-0.1, -0.05) is 170 Å². The van der Waals surface area contributed by atoms with E-state index in [0.717, 1.165) is 97.0 Å². The molecule has 0 aliphatic carbocycles. The number of hydrogen-bond acceptors (Lipinski definition) is 10. The lowest BCUT2D eigenvalue weighted by Crippen LogP contribution is -2.32. The highest BCUT2D eigenvalue weighted by Crippen LogP contribution is 2.37. The Balaban J connectivity index is 0.000000137. The monoisotopic (exact) mass is 1150 g/mol. The van der Waals surface area contributed by atoms with Gasteiger partial charge in [-0.2, -0.15) is 10.4 Å². The molecule has 4 aromatic carbocycles. The molecule has 3 fully saturated rings. The molecule has 1 amide bonds. The van der Waals surface area contributed by atoms with Gasteiger partial charge >= 0.3 is 0 Å². The molecular weight excluding hydrogens is 1060 g/mol. The number of aryl methyl sites for hydroxylation is 1.